The van der Waals surface area contributed by atoms with Crippen molar-refractivity contribution >= 4 is 0 Å². The van der Waals surface area contributed by atoms with Crippen LogP contribution in [0.5, 0.6) is 11.5 Å². The number of hydrogen-bond acceptors (Lipinski definition) is 3. The minimum Gasteiger partial charge on any atom is -0.493 e. The molecule has 0 heterocycles. The van der Waals surface area contributed by atoms with E-state index in [2.05, 4.69) is 13.0 Å². The van der Waals surface area contributed by atoms with Gasteiger partial charge in [-0.3, -0.25) is 0 Å². The van der Waals surface area contributed by atoms with E-state index in [-0.39, 0.29) is 5.60 Å². The fourth-order valence-corrected chi connectivity index (χ4v) is 1.36. The van der Waals surface area contributed by atoms with Crippen molar-refractivity contribution in [2.75, 3.05) is 20.8 Å². The van der Waals surface area contributed by atoms with Crippen molar-refractivity contribution in [3.63, 3.8) is 0 Å². The van der Waals surface area contributed by atoms with E-state index < -0.39 is 0 Å². The van der Waals surface area contributed by atoms with Gasteiger partial charge in [0.05, 0.1) is 12.7 Å². The summed E-state index contributed by atoms with van der Waals surface area (Å²) >= 11 is 0. The molecule has 0 fully saturated rings. The van der Waals surface area contributed by atoms with Crippen LogP contribution in [0, 0.1) is 0 Å². The molecule has 1 rings (SSSR count). The van der Waals surface area contributed by atoms with Gasteiger partial charge in [-0.2, -0.15) is 0 Å². The van der Waals surface area contributed by atoms with Gasteiger partial charge in [-0.15, -0.1) is 0 Å². The maximum absolute atomic E-state index is 5.73. The molecule has 0 radical (unpaired) electrons. The molecule has 0 unspecified atom stereocenters. The molecule has 0 aliphatic carbocycles. The molecule has 0 bridgehead atoms. The summed E-state index contributed by atoms with van der Waals surface area (Å²) in [5, 5.41) is 0. The van der Waals surface area contributed by atoms with Crippen molar-refractivity contribution < 1.29 is 14.2 Å². The van der Waals surface area contributed by atoms with E-state index in [1.165, 1.54) is 5.56 Å². The summed E-state index contributed by atoms with van der Waals surface area (Å²) in [6, 6.07) is 6.01. The van der Waals surface area contributed by atoms with Crippen LogP contribution >= 0.6 is 0 Å². The number of methoxy groups -OCH3 is 2. The minimum atomic E-state index is -0.297. The third kappa shape index (κ3) is 3.93. The molecule has 0 atom stereocenters. The highest BCUT2D eigenvalue weighted by Gasteiger charge is 2.18. The molecule has 1 aromatic carbocycles. The first-order valence-corrected chi connectivity index (χ1v) is 5.87. The lowest BCUT2D eigenvalue weighted by molar-refractivity contribution is -0.0151. The highest BCUT2D eigenvalue weighted by Crippen LogP contribution is 2.29. The van der Waals surface area contributed by atoms with Gasteiger partial charge in [0.25, 0.3) is 0 Å². The molecule has 0 spiro atoms. The normalized spacial score (nSPS) is 11.4. The van der Waals surface area contributed by atoms with Crippen molar-refractivity contribution in [3.05, 3.63) is 23.8 Å². The average Bonchev–Trinajstić information content (AvgIpc) is 2.36. The lowest BCUT2D eigenvalue weighted by Crippen LogP contribution is -2.30. The maximum Gasteiger partial charge on any atom is 0.161 e. The molecule has 0 aliphatic heterocycles. The lowest BCUT2D eigenvalue weighted by atomic mass is 10.1. The molecule has 1 aromatic rings. The molecule has 0 saturated heterocycles. The van der Waals surface area contributed by atoms with E-state index in [1.54, 1.807) is 14.2 Å². The highest BCUT2D eigenvalue weighted by molar-refractivity contribution is 5.43. The Morgan fingerprint density at radius 2 is 1.82 bits per heavy atom. The number of aryl methyl sites for hydroxylation is 1. The van der Waals surface area contributed by atoms with E-state index in [4.69, 9.17) is 14.2 Å². The van der Waals surface area contributed by atoms with Crippen LogP contribution in [0.4, 0.5) is 0 Å². The molecular formula is C14H22O3. The van der Waals surface area contributed by atoms with Crippen molar-refractivity contribution in [1.82, 2.24) is 0 Å². The molecule has 3 heteroatoms. The first-order chi connectivity index (χ1) is 8.02. The molecule has 3 nitrogen and oxygen atoms in total. The van der Waals surface area contributed by atoms with Gasteiger partial charge in [-0.1, -0.05) is 13.0 Å². The molecule has 0 N–H and O–H groups in total. The lowest BCUT2D eigenvalue weighted by Gasteiger charge is -2.23. The summed E-state index contributed by atoms with van der Waals surface area (Å²) in [6.07, 6.45) is 0.986. The van der Waals surface area contributed by atoms with Crippen molar-refractivity contribution in [3.8, 4) is 11.5 Å². The van der Waals surface area contributed by atoms with Crippen molar-refractivity contribution in [2.24, 2.45) is 0 Å². The zero-order valence-corrected chi connectivity index (χ0v) is 11.4. The van der Waals surface area contributed by atoms with Crippen molar-refractivity contribution in [1.29, 1.82) is 0 Å². The van der Waals surface area contributed by atoms with Gasteiger partial charge in [-0.25, -0.2) is 0 Å². The summed E-state index contributed by atoms with van der Waals surface area (Å²) in [6.45, 7) is 6.58. The minimum absolute atomic E-state index is 0.297. The molecule has 17 heavy (non-hydrogen) atoms. The number of hydrogen-bond donors (Lipinski definition) is 0. The summed E-state index contributed by atoms with van der Waals surface area (Å²) < 4.78 is 16.4. The smallest absolute Gasteiger partial charge is 0.161 e. The average molecular weight is 238 g/mol. The van der Waals surface area contributed by atoms with Crippen LogP contribution in [0.1, 0.15) is 26.3 Å². The third-order valence-electron chi connectivity index (χ3n) is 2.76. The van der Waals surface area contributed by atoms with E-state index in [1.807, 2.05) is 26.0 Å². The van der Waals surface area contributed by atoms with E-state index in [0.717, 1.165) is 17.9 Å². The van der Waals surface area contributed by atoms with Crippen molar-refractivity contribution in [2.45, 2.75) is 32.8 Å². The van der Waals surface area contributed by atoms with Crippen LogP contribution in [0.3, 0.4) is 0 Å². The quantitative estimate of drug-likeness (QED) is 0.762. The van der Waals surface area contributed by atoms with Gasteiger partial charge in [-0.05, 0) is 38.0 Å². The van der Waals surface area contributed by atoms with Crippen LogP contribution in [-0.4, -0.2) is 26.4 Å². The Balaban J connectivity index is 2.77. The monoisotopic (exact) mass is 238 g/mol. The van der Waals surface area contributed by atoms with Crippen LogP contribution in [0.25, 0.3) is 0 Å². The molecule has 0 saturated carbocycles. The Labute approximate surface area is 104 Å². The molecule has 0 aliphatic rings. The second-order valence-electron chi connectivity index (χ2n) is 4.59. The first kappa shape index (κ1) is 13.8. The van der Waals surface area contributed by atoms with Gasteiger partial charge in [0.1, 0.15) is 6.61 Å². The number of rotatable bonds is 6. The van der Waals surface area contributed by atoms with Crippen LogP contribution < -0.4 is 9.47 Å². The Hall–Kier alpha value is -1.22. The Kier molecular flexibility index (Phi) is 4.82. The second kappa shape index (κ2) is 5.92. The van der Waals surface area contributed by atoms with E-state index >= 15 is 0 Å². The first-order valence-electron chi connectivity index (χ1n) is 5.87. The predicted molar refractivity (Wildman–Crippen MR) is 69.0 cm³/mol. The zero-order chi connectivity index (χ0) is 12.9. The van der Waals surface area contributed by atoms with Gasteiger partial charge in [0.2, 0.25) is 0 Å². The third-order valence-corrected chi connectivity index (χ3v) is 2.76. The summed E-state index contributed by atoms with van der Waals surface area (Å²) in [4.78, 5) is 0. The second-order valence-corrected chi connectivity index (χ2v) is 4.59. The summed E-state index contributed by atoms with van der Waals surface area (Å²) in [5.74, 6) is 1.53. The fourth-order valence-electron chi connectivity index (χ4n) is 1.36. The number of ether oxygens (including phenoxy) is 3. The molecule has 0 aromatic heterocycles. The van der Waals surface area contributed by atoms with E-state index in [0.29, 0.717) is 6.61 Å². The highest BCUT2D eigenvalue weighted by atomic mass is 16.5. The van der Waals surface area contributed by atoms with Crippen LogP contribution in [-0.2, 0) is 11.2 Å². The summed E-state index contributed by atoms with van der Waals surface area (Å²) in [7, 11) is 3.34. The Morgan fingerprint density at radius 1 is 1.12 bits per heavy atom. The van der Waals surface area contributed by atoms with Gasteiger partial charge < -0.3 is 14.2 Å². The van der Waals surface area contributed by atoms with Crippen LogP contribution in [0.2, 0.25) is 0 Å². The topological polar surface area (TPSA) is 27.7 Å². The van der Waals surface area contributed by atoms with Gasteiger partial charge >= 0.3 is 0 Å². The van der Waals surface area contributed by atoms with E-state index in [9.17, 15) is 0 Å². The maximum atomic E-state index is 5.73. The molecule has 96 valence electrons. The zero-order valence-electron chi connectivity index (χ0n) is 11.4. The van der Waals surface area contributed by atoms with Gasteiger partial charge in [0, 0.05) is 7.11 Å². The summed E-state index contributed by atoms with van der Waals surface area (Å²) in [5.41, 5.74) is 0.939. The number of benzene rings is 1. The molecular weight excluding hydrogens is 216 g/mol. The fraction of sp³-hybridized carbons (Fsp3) is 0.571. The molecule has 0 amide bonds. The predicted octanol–water partition coefficient (Wildman–Crippen LogP) is 3.06. The largest absolute Gasteiger partial charge is 0.493 e. The SMILES string of the molecule is CCc1ccc(OCC(C)(C)OC)c(OC)c1. The Morgan fingerprint density at radius 3 is 2.35 bits per heavy atom. The Bertz CT molecular complexity index is 358. The van der Waals surface area contributed by atoms with Crippen LogP contribution in [0.15, 0.2) is 18.2 Å². The van der Waals surface area contributed by atoms with Gasteiger partial charge in [0.15, 0.2) is 11.5 Å². The standard InChI is InChI=1S/C14H22O3/c1-6-11-7-8-12(13(9-11)15-4)17-10-14(2,3)16-5/h7-9H,6,10H2,1-5H3.